The number of likely N-dealkylation sites (tertiary alicyclic amines) is 1. The number of carbonyl (C=O) groups excluding carboxylic acids is 1. The van der Waals surface area contributed by atoms with Gasteiger partial charge in [-0.2, -0.15) is 13.2 Å². The van der Waals surface area contributed by atoms with Gasteiger partial charge in [0.15, 0.2) is 0 Å². The molecule has 1 aromatic carbocycles. The monoisotopic (exact) mass is 399 g/mol. The lowest BCUT2D eigenvalue weighted by molar-refractivity contribution is -0.137. The van der Waals surface area contributed by atoms with E-state index >= 15 is 0 Å². The van der Waals surface area contributed by atoms with Gasteiger partial charge in [-0.1, -0.05) is 12.5 Å². The van der Waals surface area contributed by atoms with Crippen LogP contribution >= 0.6 is 0 Å². The van der Waals surface area contributed by atoms with E-state index in [1.165, 1.54) is 31.4 Å². The van der Waals surface area contributed by atoms with Crippen molar-refractivity contribution >= 4 is 11.7 Å². The number of urea groups is 1. The zero-order valence-electron chi connectivity index (χ0n) is 16.0. The average molecular weight is 399 g/mol. The standard InChI is InChI=1S/C20H28F3N3O2/c21-20(22,23)16-5-4-6-17(15-16)24-19(27)26(18-7-13-28-14-8-18)12-11-25-9-2-1-3-10-25/h4-6,15,18H,1-3,7-14H2,(H,24,27). The van der Waals surface area contributed by atoms with Crippen LogP contribution in [0, 0.1) is 0 Å². The summed E-state index contributed by atoms with van der Waals surface area (Å²) in [6, 6.07) is 4.48. The summed E-state index contributed by atoms with van der Waals surface area (Å²) in [5.41, 5.74) is -0.605. The molecule has 0 aliphatic carbocycles. The van der Waals surface area contributed by atoms with Gasteiger partial charge in [0.25, 0.3) is 0 Å². The average Bonchev–Trinajstić information content (AvgIpc) is 2.69. The summed E-state index contributed by atoms with van der Waals surface area (Å²) in [5.74, 6) is 0. The fraction of sp³-hybridized carbons (Fsp3) is 0.650. The third kappa shape index (κ3) is 5.85. The zero-order valence-corrected chi connectivity index (χ0v) is 16.0. The van der Waals surface area contributed by atoms with Crippen LogP contribution < -0.4 is 5.32 Å². The molecular formula is C20H28F3N3O2. The molecule has 2 fully saturated rings. The zero-order chi connectivity index (χ0) is 20.0. The lowest BCUT2D eigenvalue weighted by Gasteiger charge is -2.36. The van der Waals surface area contributed by atoms with E-state index in [1.807, 2.05) is 0 Å². The number of halogens is 3. The number of ether oxygens (including phenoxy) is 1. The first-order valence-corrected chi connectivity index (χ1v) is 9.98. The highest BCUT2D eigenvalue weighted by atomic mass is 19.4. The summed E-state index contributed by atoms with van der Waals surface area (Å²) in [6.45, 7) is 4.62. The van der Waals surface area contributed by atoms with Crippen LogP contribution in [0.4, 0.5) is 23.7 Å². The van der Waals surface area contributed by atoms with Gasteiger partial charge >= 0.3 is 12.2 Å². The van der Waals surface area contributed by atoms with E-state index in [-0.39, 0.29) is 17.8 Å². The molecule has 5 nitrogen and oxygen atoms in total. The number of alkyl halides is 3. The van der Waals surface area contributed by atoms with Crippen molar-refractivity contribution in [3.63, 3.8) is 0 Å². The van der Waals surface area contributed by atoms with E-state index in [0.717, 1.165) is 44.6 Å². The predicted molar refractivity (Wildman–Crippen MR) is 101 cm³/mol. The highest BCUT2D eigenvalue weighted by Gasteiger charge is 2.31. The number of hydrogen-bond acceptors (Lipinski definition) is 3. The van der Waals surface area contributed by atoms with Crippen molar-refractivity contribution in [3.05, 3.63) is 29.8 Å². The quantitative estimate of drug-likeness (QED) is 0.807. The number of amides is 2. The maximum atomic E-state index is 12.9. The molecule has 2 aliphatic rings. The number of benzene rings is 1. The lowest BCUT2D eigenvalue weighted by atomic mass is 10.1. The van der Waals surface area contributed by atoms with Crippen LogP contribution in [-0.4, -0.2) is 61.3 Å². The van der Waals surface area contributed by atoms with E-state index < -0.39 is 11.7 Å². The Bertz CT molecular complexity index is 642. The normalized spacial score (nSPS) is 19.4. The van der Waals surface area contributed by atoms with Crippen LogP contribution in [0.25, 0.3) is 0 Å². The van der Waals surface area contributed by atoms with Crippen molar-refractivity contribution in [2.24, 2.45) is 0 Å². The summed E-state index contributed by atoms with van der Waals surface area (Å²) < 4.78 is 44.2. The van der Waals surface area contributed by atoms with Crippen LogP contribution in [0.15, 0.2) is 24.3 Å². The van der Waals surface area contributed by atoms with Gasteiger partial charge in [-0.25, -0.2) is 4.79 Å². The molecule has 0 unspecified atom stereocenters. The number of nitrogens with one attached hydrogen (secondary N) is 1. The fourth-order valence-electron chi connectivity index (χ4n) is 3.85. The van der Waals surface area contributed by atoms with Crippen molar-refractivity contribution < 1.29 is 22.7 Å². The predicted octanol–water partition coefficient (Wildman–Crippen LogP) is 4.20. The molecule has 0 spiro atoms. The summed E-state index contributed by atoms with van der Waals surface area (Å²) in [7, 11) is 0. The molecule has 2 heterocycles. The molecular weight excluding hydrogens is 371 g/mol. The molecule has 0 radical (unpaired) electrons. The Balaban J connectivity index is 1.66. The second kappa shape index (κ2) is 9.60. The smallest absolute Gasteiger partial charge is 0.381 e. The minimum atomic E-state index is -4.44. The van der Waals surface area contributed by atoms with Crippen LogP contribution in [0.1, 0.15) is 37.7 Å². The third-order valence-electron chi connectivity index (χ3n) is 5.44. The number of piperidine rings is 1. The Morgan fingerprint density at radius 1 is 1.18 bits per heavy atom. The highest BCUT2D eigenvalue weighted by molar-refractivity contribution is 5.89. The number of rotatable bonds is 5. The Hall–Kier alpha value is -1.80. The Labute approximate surface area is 163 Å². The SMILES string of the molecule is O=C(Nc1cccc(C(F)(F)F)c1)N(CCN1CCCCC1)C1CCOCC1. The van der Waals surface area contributed by atoms with Crippen molar-refractivity contribution in [3.8, 4) is 0 Å². The molecule has 2 saturated heterocycles. The highest BCUT2D eigenvalue weighted by Crippen LogP contribution is 2.30. The van der Waals surface area contributed by atoms with Gasteiger partial charge in [-0.15, -0.1) is 0 Å². The van der Waals surface area contributed by atoms with Crippen molar-refractivity contribution in [1.82, 2.24) is 9.80 Å². The number of carbonyl (C=O) groups is 1. The van der Waals surface area contributed by atoms with E-state index in [0.29, 0.717) is 19.8 Å². The van der Waals surface area contributed by atoms with Crippen LogP contribution in [0.5, 0.6) is 0 Å². The second-order valence-corrected chi connectivity index (χ2v) is 7.45. The minimum Gasteiger partial charge on any atom is -0.381 e. The topological polar surface area (TPSA) is 44.8 Å². The molecule has 0 atom stereocenters. The van der Waals surface area contributed by atoms with E-state index in [2.05, 4.69) is 10.2 Å². The van der Waals surface area contributed by atoms with E-state index in [4.69, 9.17) is 4.74 Å². The van der Waals surface area contributed by atoms with Gasteiger partial charge in [-0.3, -0.25) is 0 Å². The first-order valence-electron chi connectivity index (χ1n) is 9.98. The third-order valence-corrected chi connectivity index (χ3v) is 5.44. The van der Waals surface area contributed by atoms with E-state index in [1.54, 1.807) is 4.90 Å². The van der Waals surface area contributed by atoms with Gasteiger partial charge in [0, 0.05) is 38.0 Å². The summed E-state index contributed by atoms with van der Waals surface area (Å²) in [5, 5.41) is 2.67. The maximum absolute atomic E-state index is 12.9. The van der Waals surface area contributed by atoms with Gasteiger partial charge in [0.2, 0.25) is 0 Å². The van der Waals surface area contributed by atoms with Crippen molar-refractivity contribution in [2.45, 2.75) is 44.3 Å². The first-order chi connectivity index (χ1) is 13.4. The van der Waals surface area contributed by atoms with Crippen LogP contribution in [-0.2, 0) is 10.9 Å². The van der Waals surface area contributed by atoms with Crippen LogP contribution in [0.2, 0.25) is 0 Å². The maximum Gasteiger partial charge on any atom is 0.416 e. The summed E-state index contributed by atoms with van der Waals surface area (Å²) >= 11 is 0. The van der Waals surface area contributed by atoms with Gasteiger partial charge in [0.05, 0.1) is 5.56 Å². The largest absolute Gasteiger partial charge is 0.416 e. The number of anilines is 1. The van der Waals surface area contributed by atoms with Gasteiger partial charge < -0.3 is 19.9 Å². The fourth-order valence-corrected chi connectivity index (χ4v) is 3.85. The molecule has 0 aromatic heterocycles. The summed E-state index contributed by atoms with van der Waals surface area (Å²) in [6.07, 6.45) is 0.652. The Kier molecular flexibility index (Phi) is 7.18. The Morgan fingerprint density at radius 3 is 2.57 bits per heavy atom. The lowest BCUT2D eigenvalue weighted by Crippen LogP contribution is -2.49. The van der Waals surface area contributed by atoms with Gasteiger partial charge in [-0.05, 0) is 57.0 Å². The molecule has 2 amide bonds. The van der Waals surface area contributed by atoms with Gasteiger partial charge in [0.1, 0.15) is 0 Å². The molecule has 156 valence electrons. The number of nitrogens with zero attached hydrogens (tertiary/aromatic N) is 2. The summed E-state index contributed by atoms with van der Waals surface area (Å²) in [4.78, 5) is 17.0. The first kappa shape index (κ1) is 20.9. The molecule has 2 aliphatic heterocycles. The second-order valence-electron chi connectivity index (χ2n) is 7.45. The molecule has 8 heteroatoms. The van der Waals surface area contributed by atoms with Crippen molar-refractivity contribution in [1.29, 1.82) is 0 Å². The molecule has 28 heavy (non-hydrogen) atoms. The molecule has 1 N–H and O–H groups in total. The van der Waals surface area contributed by atoms with Crippen molar-refractivity contribution in [2.75, 3.05) is 44.7 Å². The molecule has 3 rings (SSSR count). The van der Waals surface area contributed by atoms with E-state index in [9.17, 15) is 18.0 Å². The number of hydrogen-bond donors (Lipinski definition) is 1. The minimum absolute atomic E-state index is 0.0457. The Morgan fingerprint density at radius 2 is 1.89 bits per heavy atom. The molecule has 0 bridgehead atoms. The van der Waals surface area contributed by atoms with Crippen LogP contribution in [0.3, 0.4) is 0 Å². The molecule has 0 saturated carbocycles. The molecule has 1 aromatic rings.